The fourth-order valence-corrected chi connectivity index (χ4v) is 1.79. The molecule has 0 aromatic carbocycles. The Morgan fingerprint density at radius 2 is 2.25 bits per heavy atom. The van der Waals surface area contributed by atoms with Crippen LogP contribution in [-0.2, 0) is 0 Å². The summed E-state index contributed by atoms with van der Waals surface area (Å²) in [7, 11) is 0. The maximum absolute atomic E-state index is 13.3. The van der Waals surface area contributed by atoms with Crippen molar-refractivity contribution in [3.63, 3.8) is 0 Å². The molecule has 1 atom stereocenters. The first-order valence-corrected chi connectivity index (χ1v) is 4.88. The van der Waals surface area contributed by atoms with Gasteiger partial charge < -0.3 is 0 Å². The summed E-state index contributed by atoms with van der Waals surface area (Å²) in [5, 5.41) is 0. The van der Waals surface area contributed by atoms with Crippen LogP contribution in [0.15, 0.2) is 23.6 Å². The molecule has 1 saturated carbocycles. The van der Waals surface area contributed by atoms with Crippen molar-refractivity contribution >= 4 is 0 Å². The largest absolute Gasteiger partial charge is 0.212 e. The molecule has 1 unspecified atom stereocenters. The normalized spacial score (nSPS) is 29.7. The summed E-state index contributed by atoms with van der Waals surface area (Å²) in [5.41, 5.74) is 1.26. The molecule has 0 aliphatic heterocycles. The smallest absolute Gasteiger partial charge is 0.104 e. The molecule has 0 aromatic rings. The Kier molecular flexibility index (Phi) is 2.03. The summed E-state index contributed by atoms with van der Waals surface area (Å²) in [5.74, 6) is 0.989. The van der Waals surface area contributed by atoms with Crippen LogP contribution in [-0.4, -0.2) is 0 Å². The molecule has 0 heterocycles. The van der Waals surface area contributed by atoms with E-state index in [1.54, 1.807) is 6.08 Å². The molecule has 0 amide bonds. The lowest BCUT2D eigenvalue weighted by Gasteiger charge is -2.16. The van der Waals surface area contributed by atoms with Crippen LogP contribution in [0.2, 0.25) is 0 Å². The van der Waals surface area contributed by atoms with Crippen LogP contribution in [0.3, 0.4) is 0 Å². The van der Waals surface area contributed by atoms with Gasteiger partial charge in [0.05, 0.1) is 0 Å². The van der Waals surface area contributed by atoms with Crippen LogP contribution >= 0.6 is 0 Å². The van der Waals surface area contributed by atoms with Crippen molar-refractivity contribution in [2.24, 2.45) is 11.8 Å². The molecule has 2 aliphatic carbocycles. The highest BCUT2D eigenvalue weighted by Gasteiger charge is 2.27. The zero-order valence-corrected chi connectivity index (χ0v) is 7.52. The lowest BCUT2D eigenvalue weighted by molar-refractivity contribution is 0.448. The van der Waals surface area contributed by atoms with E-state index in [4.69, 9.17) is 0 Å². The first-order valence-electron chi connectivity index (χ1n) is 4.88. The minimum atomic E-state index is 0.113. The van der Waals surface area contributed by atoms with Gasteiger partial charge in [0.15, 0.2) is 0 Å². The highest BCUT2D eigenvalue weighted by molar-refractivity contribution is 5.31. The number of rotatable bonds is 2. The Labute approximate surface area is 73.2 Å². The third-order valence-electron chi connectivity index (χ3n) is 2.87. The van der Waals surface area contributed by atoms with Gasteiger partial charge in [-0.2, -0.15) is 0 Å². The average molecular weight is 166 g/mol. The van der Waals surface area contributed by atoms with Crippen LogP contribution in [0.4, 0.5) is 4.39 Å². The van der Waals surface area contributed by atoms with E-state index >= 15 is 0 Å². The van der Waals surface area contributed by atoms with Crippen molar-refractivity contribution in [1.82, 2.24) is 0 Å². The minimum Gasteiger partial charge on any atom is -0.212 e. The van der Waals surface area contributed by atoms with E-state index in [1.165, 1.54) is 18.4 Å². The van der Waals surface area contributed by atoms with Crippen LogP contribution in [0.25, 0.3) is 0 Å². The van der Waals surface area contributed by atoms with E-state index in [9.17, 15) is 4.39 Å². The fraction of sp³-hybridized carbons (Fsp3) is 0.636. The highest BCUT2D eigenvalue weighted by Crippen LogP contribution is 2.41. The van der Waals surface area contributed by atoms with Gasteiger partial charge in [0, 0.05) is 5.92 Å². The molecular weight excluding hydrogens is 151 g/mol. The molecule has 1 fully saturated rings. The molecular formula is C11H15F. The van der Waals surface area contributed by atoms with Gasteiger partial charge >= 0.3 is 0 Å². The second-order valence-electron chi connectivity index (χ2n) is 3.85. The summed E-state index contributed by atoms with van der Waals surface area (Å²) in [6.45, 7) is 2.05. The van der Waals surface area contributed by atoms with Crippen molar-refractivity contribution < 1.29 is 4.39 Å². The Bertz CT molecular complexity index is 233. The van der Waals surface area contributed by atoms with Crippen LogP contribution in [0, 0.1) is 11.8 Å². The second kappa shape index (κ2) is 3.04. The first kappa shape index (κ1) is 8.03. The summed E-state index contributed by atoms with van der Waals surface area (Å²) >= 11 is 0. The van der Waals surface area contributed by atoms with E-state index in [0.717, 1.165) is 12.8 Å². The molecule has 0 saturated heterocycles. The van der Waals surface area contributed by atoms with Crippen molar-refractivity contribution in [1.29, 1.82) is 0 Å². The molecule has 66 valence electrons. The molecule has 1 heteroatoms. The number of hydrogen-bond donors (Lipinski definition) is 0. The Balaban J connectivity index is 2.08. The van der Waals surface area contributed by atoms with Gasteiger partial charge in [-0.1, -0.05) is 13.0 Å². The van der Waals surface area contributed by atoms with Crippen LogP contribution in [0.1, 0.15) is 32.6 Å². The number of allylic oxidation sites excluding steroid dienone is 4. The lowest BCUT2D eigenvalue weighted by Crippen LogP contribution is -2.03. The van der Waals surface area contributed by atoms with E-state index in [1.807, 2.05) is 6.92 Å². The monoisotopic (exact) mass is 166 g/mol. The average Bonchev–Trinajstić information content (AvgIpc) is 2.86. The molecule has 12 heavy (non-hydrogen) atoms. The Morgan fingerprint density at radius 1 is 1.50 bits per heavy atom. The van der Waals surface area contributed by atoms with Gasteiger partial charge in [-0.25, -0.2) is 4.39 Å². The Hall–Kier alpha value is -0.590. The maximum atomic E-state index is 13.3. The van der Waals surface area contributed by atoms with Crippen LogP contribution in [0.5, 0.6) is 0 Å². The minimum absolute atomic E-state index is 0.113. The topological polar surface area (TPSA) is 0 Å². The zero-order valence-electron chi connectivity index (χ0n) is 7.52. The summed E-state index contributed by atoms with van der Waals surface area (Å²) in [4.78, 5) is 0. The van der Waals surface area contributed by atoms with Gasteiger partial charge in [0.2, 0.25) is 0 Å². The first-order chi connectivity index (χ1) is 5.81. The van der Waals surface area contributed by atoms with Crippen molar-refractivity contribution in [2.75, 3.05) is 0 Å². The van der Waals surface area contributed by atoms with Crippen LogP contribution < -0.4 is 0 Å². The van der Waals surface area contributed by atoms with E-state index < -0.39 is 0 Å². The van der Waals surface area contributed by atoms with Gasteiger partial charge in [-0.15, -0.1) is 0 Å². The second-order valence-corrected chi connectivity index (χ2v) is 3.85. The SMILES string of the molecule is CCC1CC=C(C2CC2)C=C1F. The molecule has 2 rings (SSSR count). The predicted molar refractivity (Wildman–Crippen MR) is 48.4 cm³/mol. The lowest BCUT2D eigenvalue weighted by atomic mass is 9.92. The quantitative estimate of drug-likeness (QED) is 0.588. The standard InChI is InChI=1S/C11H15F/c1-2-8-3-6-10(7-11(8)12)9-4-5-9/h6-9H,2-5H2,1H3. The summed E-state index contributed by atoms with van der Waals surface area (Å²) in [6, 6.07) is 0. The number of hydrogen-bond acceptors (Lipinski definition) is 0. The summed E-state index contributed by atoms with van der Waals surface area (Å²) < 4.78 is 13.3. The highest BCUT2D eigenvalue weighted by atomic mass is 19.1. The third kappa shape index (κ3) is 1.45. The zero-order chi connectivity index (χ0) is 8.55. The number of halogens is 1. The Morgan fingerprint density at radius 3 is 2.75 bits per heavy atom. The van der Waals surface area contributed by atoms with Crippen molar-refractivity contribution in [2.45, 2.75) is 32.6 Å². The van der Waals surface area contributed by atoms with Gasteiger partial charge in [0.1, 0.15) is 5.83 Å². The molecule has 0 bridgehead atoms. The predicted octanol–water partition coefficient (Wildman–Crippen LogP) is 3.61. The fourth-order valence-electron chi connectivity index (χ4n) is 1.79. The molecule has 0 aromatic heterocycles. The van der Waals surface area contributed by atoms with E-state index in [0.29, 0.717) is 5.92 Å². The van der Waals surface area contributed by atoms with E-state index in [-0.39, 0.29) is 11.7 Å². The van der Waals surface area contributed by atoms with Gasteiger partial charge in [0.25, 0.3) is 0 Å². The molecule has 0 radical (unpaired) electrons. The van der Waals surface area contributed by atoms with Crippen molar-refractivity contribution in [3.05, 3.63) is 23.6 Å². The van der Waals surface area contributed by atoms with E-state index in [2.05, 4.69) is 6.08 Å². The molecule has 2 aliphatic rings. The third-order valence-corrected chi connectivity index (χ3v) is 2.87. The maximum Gasteiger partial charge on any atom is 0.104 e. The van der Waals surface area contributed by atoms with Crippen molar-refractivity contribution in [3.8, 4) is 0 Å². The molecule has 0 N–H and O–H groups in total. The van der Waals surface area contributed by atoms with Gasteiger partial charge in [-0.3, -0.25) is 0 Å². The molecule has 0 spiro atoms. The summed E-state index contributed by atoms with van der Waals surface area (Å²) in [6.07, 6.45) is 8.39. The molecule has 0 nitrogen and oxygen atoms in total. The van der Waals surface area contributed by atoms with Gasteiger partial charge in [-0.05, 0) is 43.3 Å².